The van der Waals surface area contributed by atoms with Gasteiger partial charge >= 0.3 is 0 Å². The van der Waals surface area contributed by atoms with Crippen LogP contribution in [0.3, 0.4) is 0 Å². The van der Waals surface area contributed by atoms with Crippen molar-refractivity contribution in [1.82, 2.24) is 9.80 Å². The molecule has 43 heavy (non-hydrogen) atoms. The number of piperazine rings is 1. The summed E-state index contributed by atoms with van der Waals surface area (Å²) in [5.74, 6) is 0.987. The van der Waals surface area contributed by atoms with E-state index in [0.29, 0.717) is 5.92 Å². The fraction of sp³-hybridized carbons (Fsp3) is 0.605. The quantitative estimate of drug-likeness (QED) is 0.129. The zero-order valence-corrected chi connectivity index (χ0v) is 29.0. The highest BCUT2D eigenvalue weighted by atomic mass is 16.2. The molecule has 1 saturated heterocycles. The maximum absolute atomic E-state index is 12.5. The summed E-state index contributed by atoms with van der Waals surface area (Å²) in [6.45, 7) is 23.7. The molecule has 0 bridgehead atoms. The lowest BCUT2D eigenvalue weighted by molar-refractivity contribution is -0.138. The van der Waals surface area contributed by atoms with Crippen molar-refractivity contribution in [2.45, 2.75) is 120 Å². The second kappa shape index (κ2) is 20.7. The highest BCUT2D eigenvalue weighted by Gasteiger charge is 2.31. The Kier molecular flexibility index (Phi) is 18.3. The molecule has 2 fully saturated rings. The van der Waals surface area contributed by atoms with Gasteiger partial charge in [-0.15, -0.1) is 0 Å². The summed E-state index contributed by atoms with van der Waals surface area (Å²) in [7, 11) is 0. The Hall–Kier alpha value is -3.13. The lowest BCUT2D eigenvalue weighted by atomic mass is 9.75. The zero-order chi connectivity index (χ0) is 32.4. The maximum atomic E-state index is 12.5. The molecule has 238 valence electrons. The van der Waals surface area contributed by atoms with Gasteiger partial charge in [-0.1, -0.05) is 77.3 Å². The van der Waals surface area contributed by atoms with Crippen molar-refractivity contribution in [2.24, 2.45) is 16.8 Å². The van der Waals surface area contributed by atoms with Crippen LogP contribution in [0.2, 0.25) is 0 Å². The summed E-state index contributed by atoms with van der Waals surface area (Å²) < 4.78 is 0. The lowest BCUT2D eigenvalue weighted by Gasteiger charge is -2.43. The van der Waals surface area contributed by atoms with E-state index in [1.54, 1.807) is 0 Å². The van der Waals surface area contributed by atoms with E-state index in [4.69, 9.17) is 10.3 Å². The van der Waals surface area contributed by atoms with Crippen LogP contribution < -0.4 is 0 Å². The van der Waals surface area contributed by atoms with Crippen LogP contribution in [0, 0.1) is 23.2 Å². The topological polar surface area (TPSA) is 59.7 Å². The highest BCUT2D eigenvalue weighted by Crippen LogP contribution is 2.39. The number of hydrogen-bond acceptors (Lipinski definition) is 4. The molecule has 2 rings (SSSR count). The van der Waals surface area contributed by atoms with Crippen molar-refractivity contribution in [3.8, 4) is 6.07 Å². The summed E-state index contributed by atoms with van der Waals surface area (Å²) in [6, 6.07) is 2.41. The zero-order valence-electron chi connectivity index (χ0n) is 29.0. The number of carbonyl (C=O) groups is 1. The average Bonchev–Trinajstić information content (AvgIpc) is 2.95. The third-order valence-corrected chi connectivity index (χ3v) is 8.18. The van der Waals surface area contributed by atoms with Crippen molar-refractivity contribution < 1.29 is 4.79 Å². The van der Waals surface area contributed by atoms with E-state index in [1.165, 1.54) is 41.7 Å². The Balaban J connectivity index is 0.000000557. The number of nitriles is 1. The summed E-state index contributed by atoms with van der Waals surface area (Å²) >= 11 is 0. The van der Waals surface area contributed by atoms with E-state index < -0.39 is 0 Å². The third kappa shape index (κ3) is 12.6. The van der Waals surface area contributed by atoms with Gasteiger partial charge in [0.05, 0.1) is 11.6 Å². The summed E-state index contributed by atoms with van der Waals surface area (Å²) in [6.07, 6.45) is 22.2. The maximum Gasteiger partial charge on any atom is 0.225 e. The minimum absolute atomic E-state index is 0.0594. The van der Waals surface area contributed by atoms with Gasteiger partial charge in [0.25, 0.3) is 0 Å². The van der Waals surface area contributed by atoms with Crippen molar-refractivity contribution >= 4 is 11.6 Å². The molecular weight excluding hydrogens is 528 g/mol. The predicted molar refractivity (Wildman–Crippen MR) is 186 cm³/mol. The Morgan fingerprint density at radius 3 is 2.23 bits per heavy atom. The number of amides is 1. The van der Waals surface area contributed by atoms with E-state index in [9.17, 15) is 4.79 Å². The second-order valence-corrected chi connectivity index (χ2v) is 12.1. The van der Waals surface area contributed by atoms with E-state index in [2.05, 4.69) is 83.4 Å². The fourth-order valence-corrected chi connectivity index (χ4v) is 5.55. The fourth-order valence-electron chi connectivity index (χ4n) is 5.55. The molecule has 0 radical (unpaired) electrons. The molecule has 1 saturated carbocycles. The normalized spacial score (nSPS) is 19.8. The molecule has 5 nitrogen and oxygen atoms in total. The van der Waals surface area contributed by atoms with Crippen molar-refractivity contribution in [3.63, 3.8) is 0 Å². The molecule has 1 aliphatic heterocycles. The minimum atomic E-state index is 0.0594. The van der Waals surface area contributed by atoms with E-state index in [-0.39, 0.29) is 17.9 Å². The predicted octanol–water partition coefficient (Wildman–Crippen LogP) is 9.73. The summed E-state index contributed by atoms with van der Waals surface area (Å²) in [5, 5.41) is 8.85. The van der Waals surface area contributed by atoms with Gasteiger partial charge < -0.3 is 9.80 Å². The molecular formula is C38H60N4O. The SMILES string of the molecule is CC/C=C/C=C(C#N)\C=C(/C)CCC.C\C=C(C(/C(C)=N/C=C/CC)=C(/C)N1CCN(C(=O)C(C)C)C(C)C1)\C1CCC1. The van der Waals surface area contributed by atoms with E-state index in [0.717, 1.165) is 56.6 Å². The molecule has 1 unspecified atom stereocenters. The minimum Gasteiger partial charge on any atom is -0.371 e. The van der Waals surface area contributed by atoms with Crippen LogP contribution in [-0.2, 0) is 4.79 Å². The molecule has 1 amide bonds. The monoisotopic (exact) mass is 588 g/mol. The van der Waals surface area contributed by atoms with Crippen LogP contribution in [0.5, 0.6) is 0 Å². The molecule has 0 N–H and O–H groups in total. The molecule has 5 heteroatoms. The first-order valence-electron chi connectivity index (χ1n) is 16.6. The van der Waals surface area contributed by atoms with E-state index >= 15 is 0 Å². The van der Waals surface area contributed by atoms with Crippen molar-refractivity contribution in [3.05, 3.63) is 70.6 Å². The first-order chi connectivity index (χ1) is 20.6. The van der Waals surface area contributed by atoms with Crippen LogP contribution in [-0.4, -0.2) is 47.1 Å². The molecule has 0 aromatic heterocycles. The number of hydrogen-bond donors (Lipinski definition) is 0. The highest BCUT2D eigenvalue weighted by molar-refractivity contribution is 6.03. The number of nitrogens with zero attached hydrogens (tertiary/aromatic N) is 4. The van der Waals surface area contributed by atoms with Gasteiger partial charge in [-0.3, -0.25) is 9.79 Å². The van der Waals surface area contributed by atoms with Gasteiger partial charge in [0.15, 0.2) is 0 Å². The van der Waals surface area contributed by atoms with Gasteiger partial charge in [-0.05, 0) is 90.4 Å². The van der Waals surface area contributed by atoms with Gasteiger partial charge in [0, 0.05) is 54.8 Å². The number of rotatable bonds is 12. The van der Waals surface area contributed by atoms with Gasteiger partial charge in [0.2, 0.25) is 5.91 Å². The molecule has 0 aromatic rings. The van der Waals surface area contributed by atoms with E-state index in [1.807, 2.05) is 44.4 Å². The molecule has 0 spiro atoms. The molecule has 1 heterocycles. The first kappa shape index (κ1) is 37.9. The standard InChI is InChI=1S/C25H41N3O.C13H19N/c1-8-10-14-26-20(6)24(23(9-2)22-12-11-13-22)21(7)27-15-16-28(19(5)17-27)25(29)18(3)4;1-4-6-7-9-13(11-14)10-12(3)8-5-2/h9-10,14,18-19,22H,8,11-13,15-17H2,1-7H3;6-7,9-10H,4-5,8H2,1-3H3/b14-10+,23-9-,24-21-,26-20+;7-6+,12-10+,13-9+. The molecule has 2 aliphatic rings. The number of aliphatic imine (C=N–C) groups is 1. The molecule has 1 aliphatic carbocycles. The van der Waals surface area contributed by atoms with Gasteiger partial charge in [-0.2, -0.15) is 5.26 Å². The second-order valence-electron chi connectivity index (χ2n) is 12.1. The van der Waals surface area contributed by atoms with Crippen LogP contribution in [0.4, 0.5) is 0 Å². The molecule has 0 aromatic carbocycles. The molecule has 1 atom stereocenters. The first-order valence-corrected chi connectivity index (χ1v) is 16.6. The Morgan fingerprint density at radius 1 is 1.07 bits per heavy atom. The number of carbonyl (C=O) groups excluding carboxylic acids is 1. The number of allylic oxidation sites excluding steroid dienone is 11. The van der Waals surface area contributed by atoms with Crippen molar-refractivity contribution in [1.29, 1.82) is 5.26 Å². The van der Waals surface area contributed by atoms with Crippen molar-refractivity contribution in [2.75, 3.05) is 19.6 Å². The Morgan fingerprint density at radius 2 is 1.74 bits per heavy atom. The third-order valence-electron chi connectivity index (χ3n) is 8.18. The van der Waals surface area contributed by atoms with Gasteiger partial charge in [0.1, 0.15) is 0 Å². The smallest absolute Gasteiger partial charge is 0.225 e. The Labute approximate surface area is 264 Å². The van der Waals surface area contributed by atoms with Gasteiger partial charge in [-0.25, -0.2) is 0 Å². The average molecular weight is 589 g/mol. The lowest BCUT2D eigenvalue weighted by Crippen LogP contribution is -2.54. The summed E-state index contributed by atoms with van der Waals surface area (Å²) in [4.78, 5) is 21.8. The largest absolute Gasteiger partial charge is 0.371 e. The van der Waals surface area contributed by atoms with Crippen LogP contribution in [0.25, 0.3) is 0 Å². The van der Waals surface area contributed by atoms with Crippen LogP contribution >= 0.6 is 0 Å². The van der Waals surface area contributed by atoms with Crippen LogP contribution in [0.1, 0.15) is 114 Å². The Bertz CT molecular complexity index is 1130. The van der Waals surface area contributed by atoms with Crippen LogP contribution in [0.15, 0.2) is 75.6 Å². The summed E-state index contributed by atoms with van der Waals surface area (Å²) in [5.41, 5.74) is 7.17.